The highest BCUT2D eigenvalue weighted by atomic mass is 79.9. The molecule has 0 spiro atoms. The quantitative estimate of drug-likeness (QED) is 0.269. The Hall–Kier alpha value is -3.21. The maximum absolute atomic E-state index is 13.3. The molecule has 0 unspecified atom stereocenters. The smallest absolute Gasteiger partial charge is 0.350 e. The summed E-state index contributed by atoms with van der Waals surface area (Å²) in [6, 6.07) is 11.4. The van der Waals surface area contributed by atoms with E-state index >= 15 is 0 Å². The minimum absolute atomic E-state index is 0.178. The standard InChI is InChI=1S/C19H17BrFN5O3/c1-29-17-9-15(16(8-14(17)20)26(23)19(28)25-22)24-18(27)12-3-2-11-7-13(21)5-4-10(11)6-12/h2-9H,22-23H2,1H3,(H,24,27)(H,25,28). The first-order valence-electron chi connectivity index (χ1n) is 8.27. The molecule has 0 heterocycles. The lowest BCUT2D eigenvalue weighted by Crippen LogP contribution is -2.48. The number of ether oxygens (including phenoxy) is 1. The van der Waals surface area contributed by atoms with Gasteiger partial charge in [-0.05, 0) is 57.0 Å². The van der Waals surface area contributed by atoms with E-state index in [-0.39, 0.29) is 17.2 Å². The number of rotatable bonds is 4. The number of nitrogens with two attached hydrogens (primary N) is 2. The van der Waals surface area contributed by atoms with Gasteiger partial charge in [0.15, 0.2) is 0 Å². The van der Waals surface area contributed by atoms with Crippen LogP contribution in [0.4, 0.5) is 20.6 Å². The van der Waals surface area contributed by atoms with Crippen LogP contribution in [0, 0.1) is 5.82 Å². The Morgan fingerprint density at radius 3 is 2.48 bits per heavy atom. The Bertz CT molecular complexity index is 1110. The molecule has 8 nitrogen and oxygen atoms in total. The zero-order valence-corrected chi connectivity index (χ0v) is 16.8. The highest BCUT2D eigenvalue weighted by Crippen LogP contribution is 2.36. The van der Waals surface area contributed by atoms with Gasteiger partial charge in [0.1, 0.15) is 11.6 Å². The predicted molar refractivity (Wildman–Crippen MR) is 112 cm³/mol. The molecule has 29 heavy (non-hydrogen) atoms. The number of nitrogens with one attached hydrogen (secondary N) is 2. The Kier molecular flexibility index (Phi) is 5.97. The number of hydrogen-bond acceptors (Lipinski definition) is 5. The molecular formula is C19H17BrFN5O3. The predicted octanol–water partition coefficient (Wildman–Crippen LogP) is 3.27. The zero-order valence-electron chi connectivity index (χ0n) is 15.2. The van der Waals surface area contributed by atoms with Gasteiger partial charge < -0.3 is 10.1 Å². The molecule has 3 rings (SSSR count). The first-order valence-corrected chi connectivity index (χ1v) is 9.07. The third-order valence-electron chi connectivity index (χ3n) is 4.18. The third-order valence-corrected chi connectivity index (χ3v) is 4.80. The van der Waals surface area contributed by atoms with Gasteiger partial charge in [0.25, 0.3) is 5.91 Å². The lowest BCUT2D eigenvalue weighted by Gasteiger charge is -2.21. The van der Waals surface area contributed by atoms with E-state index in [2.05, 4.69) is 21.2 Å². The molecule has 3 aromatic carbocycles. The Balaban J connectivity index is 1.98. The van der Waals surface area contributed by atoms with Crippen molar-refractivity contribution in [3.05, 3.63) is 64.4 Å². The number of urea groups is 1. The molecule has 0 aliphatic carbocycles. The van der Waals surface area contributed by atoms with Crippen LogP contribution in [-0.4, -0.2) is 19.0 Å². The first-order chi connectivity index (χ1) is 13.8. The fraction of sp³-hybridized carbons (Fsp3) is 0.0526. The highest BCUT2D eigenvalue weighted by molar-refractivity contribution is 9.10. The first kappa shape index (κ1) is 20.5. The summed E-state index contributed by atoms with van der Waals surface area (Å²) in [4.78, 5) is 24.6. The van der Waals surface area contributed by atoms with Crippen LogP contribution in [0.1, 0.15) is 10.4 Å². The van der Waals surface area contributed by atoms with E-state index in [9.17, 15) is 14.0 Å². The van der Waals surface area contributed by atoms with Crippen molar-refractivity contribution < 1.29 is 18.7 Å². The topological polar surface area (TPSA) is 123 Å². The molecular weight excluding hydrogens is 445 g/mol. The van der Waals surface area contributed by atoms with E-state index in [1.165, 1.54) is 31.4 Å². The normalized spacial score (nSPS) is 10.5. The molecule has 0 radical (unpaired) electrons. The molecule has 0 saturated heterocycles. The van der Waals surface area contributed by atoms with E-state index in [1.54, 1.807) is 24.3 Å². The Morgan fingerprint density at radius 1 is 1.10 bits per heavy atom. The van der Waals surface area contributed by atoms with Crippen molar-refractivity contribution in [1.29, 1.82) is 0 Å². The van der Waals surface area contributed by atoms with Crippen LogP contribution in [-0.2, 0) is 0 Å². The molecule has 10 heteroatoms. The van der Waals surface area contributed by atoms with Crippen LogP contribution in [0.25, 0.3) is 10.8 Å². The van der Waals surface area contributed by atoms with Crippen molar-refractivity contribution in [2.75, 3.05) is 17.4 Å². The van der Waals surface area contributed by atoms with Crippen molar-refractivity contribution in [2.24, 2.45) is 11.7 Å². The second kappa shape index (κ2) is 8.43. The molecule has 3 amide bonds. The second-order valence-corrected chi connectivity index (χ2v) is 6.84. The number of hydrogen-bond donors (Lipinski definition) is 4. The summed E-state index contributed by atoms with van der Waals surface area (Å²) in [6.07, 6.45) is 0. The minimum Gasteiger partial charge on any atom is -0.495 e. The number of amides is 3. The maximum atomic E-state index is 13.3. The molecule has 0 fully saturated rings. The van der Waals surface area contributed by atoms with E-state index < -0.39 is 11.9 Å². The van der Waals surface area contributed by atoms with Crippen molar-refractivity contribution >= 4 is 50.0 Å². The average molecular weight is 462 g/mol. The summed E-state index contributed by atoms with van der Waals surface area (Å²) >= 11 is 3.31. The van der Waals surface area contributed by atoms with Gasteiger partial charge in [-0.25, -0.2) is 25.9 Å². The summed E-state index contributed by atoms with van der Waals surface area (Å²) in [6.45, 7) is 0. The van der Waals surface area contributed by atoms with Crippen LogP contribution in [0.3, 0.4) is 0 Å². The number of halogens is 2. The molecule has 6 N–H and O–H groups in total. The van der Waals surface area contributed by atoms with E-state index in [0.29, 0.717) is 26.6 Å². The maximum Gasteiger partial charge on any atom is 0.350 e. The lowest BCUT2D eigenvalue weighted by molar-refractivity contribution is 0.102. The van der Waals surface area contributed by atoms with Crippen LogP contribution in [0.5, 0.6) is 5.75 Å². The SMILES string of the molecule is COc1cc(NC(=O)c2ccc3cc(F)ccc3c2)c(N(N)C(=O)NN)cc1Br. The molecule has 0 aromatic heterocycles. The highest BCUT2D eigenvalue weighted by Gasteiger charge is 2.20. The molecule has 3 aromatic rings. The number of fused-ring (bicyclic) bond motifs is 1. The van der Waals surface area contributed by atoms with Crippen LogP contribution < -0.4 is 32.2 Å². The molecule has 0 atom stereocenters. The van der Waals surface area contributed by atoms with Gasteiger partial charge in [-0.1, -0.05) is 12.1 Å². The fourth-order valence-corrected chi connectivity index (χ4v) is 3.22. The number of hydrazine groups is 2. The number of carbonyl (C=O) groups excluding carboxylic acids is 2. The largest absolute Gasteiger partial charge is 0.495 e. The van der Waals surface area contributed by atoms with Crippen molar-refractivity contribution in [2.45, 2.75) is 0 Å². The van der Waals surface area contributed by atoms with Gasteiger partial charge >= 0.3 is 6.03 Å². The molecule has 0 bridgehead atoms. The van der Waals surface area contributed by atoms with Gasteiger partial charge in [-0.15, -0.1) is 0 Å². The van der Waals surface area contributed by atoms with Crippen LogP contribution in [0.15, 0.2) is 53.0 Å². The van der Waals surface area contributed by atoms with E-state index in [0.717, 1.165) is 5.01 Å². The van der Waals surface area contributed by atoms with Gasteiger partial charge in [-0.3, -0.25) is 10.2 Å². The van der Waals surface area contributed by atoms with Crippen molar-refractivity contribution in [3.63, 3.8) is 0 Å². The number of anilines is 2. The lowest BCUT2D eigenvalue weighted by atomic mass is 10.1. The number of benzene rings is 3. The molecule has 150 valence electrons. The number of nitrogens with zero attached hydrogens (tertiary/aromatic N) is 1. The van der Waals surface area contributed by atoms with Gasteiger partial charge in [0.05, 0.1) is 23.0 Å². The van der Waals surface area contributed by atoms with E-state index in [1.807, 2.05) is 5.43 Å². The van der Waals surface area contributed by atoms with E-state index in [4.69, 9.17) is 16.4 Å². The fourth-order valence-electron chi connectivity index (χ4n) is 2.73. The Labute approximate surface area is 173 Å². The minimum atomic E-state index is -0.787. The summed E-state index contributed by atoms with van der Waals surface area (Å²) in [5.41, 5.74) is 2.66. The molecule has 0 aliphatic heterocycles. The van der Waals surface area contributed by atoms with Crippen LogP contribution in [0.2, 0.25) is 0 Å². The van der Waals surface area contributed by atoms with Crippen LogP contribution >= 0.6 is 15.9 Å². The van der Waals surface area contributed by atoms with Gasteiger partial charge in [0.2, 0.25) is 0 Å². The third kappa shape index (κ3) is 4.29. The average Bonchev–Trinajstić information content (AvgIpc) is 2.72. The zero-order chi connectivity index (χ0) is 21.1. The summed E-state index contributed by atoms with van der Waals surface area (Å²) < 4.78 is 19.1. The number of methoxy groups -OCH3 is 1. The summed E-state index contributed by atoms with van der Waals surface area (Å²) in [7, 11) is 1.46. The summed E-state index contributed by atoms with van der Waals surface area (Å²) in [5, 5.41) is 4.83. The number of carbonyl (C=O) groups is 2. The van der Waals surface area contributed by atoms with Gasteiger partial charge in [0, 0.05) is 11.6 Å². The molecule has 0 saturated carbocycles. The monoisotopic (exact) mass is 461 g/mol. The second-order valence-electron chi connectivity index (χ2n) is 5.98. The van der Waals surface area contributed by atoms with Crippen molar-refractivity contribution in [1.82, 2.24) is 5.43 Å². The Morgan fingerprint density at radius 2 is 1.79 bits per heavy atom. The molecule has 0 aliphatic rings. The summed E-state index contributed by atoms with van der Waals surface area (Å²) in [5.74, 6) is 10.5. The van der Waals surface area contributed by atoms with Gasteiger partial charge in [-0.2, -0.15) is 0 Å². The van der Waals surface area contributed by atoms with Crippen molar-refractivity contribution in [3.8, 4) is 5.75 Å².